The van der Waals surface area contributed by atoms with Crippen molar-refractivity contribution in [2.45, 2.75) is 38.1 Å². The topological polar surface area (TPSA) is 132 Å². The van der Waals surface area contributed by atoms with E-state index in [1.807, 2.05) is 25.1 Å². The van der Waals surface area contributed by atoms with Crippen LogP contribution in [0.5, 0.6) is 5.75 Å². The maximum absolute atomic E-state index is 14.0. The Morgan fingerprint density at radius 2 is 1.95 bits per heavy atom. The third-order valence-electron chi connectivity index (χ3n) is 7.95. The summed E-state index contributed by atoms with van der Waals surface area (Å²) in [6.07, 6.45) is 9.38. The summed E-state index contributed by atoms with van der Waals surface area (Å²) in [4.78, 5) is 23.4. The number of halogens is 1. The highest BCUT2D eigenvalue weighted by atomic mass is 19.1. The van der Waals surface area contributed by atoms with Crippen LogP contribution >= 0.6 is 0 Å². The molecular formula is C30H27FN8O2. The average Bonchev–Trinajstić information content (AvgIpc) is 3.66. The van der Waals surface area contributed by atoms with Crippen molar-refractivity contribution in [1.82, 2.24) is 24.9 Å². The molecule has 206 valence electrons. The first-order valence-electron chi connectivity index (χ1n) is 13.4. The van der Waals surface area contributed by atoms with Crippen LogP contribution in [-0.2, 0) is 0 Å². The lowest BCUT2D eigenvalue weighted by atomic mass is 9.89. The number of rotatable bonds is 7. The molecule has 2 fully saturated rings. The lowest BCUT2D eigenvalue weighted by molar-refractivity contribution is 0.0881. The number of amides is 1. The molecule has 0 radical (unpaired) electrons. The predicted molar refractivity (Wildman–Crippen MR) is 147 cm³/mol. The maximum atomic E-state index is 14.0. The van der Waals surface area contributed by atoms with Gasteiger partial charge in [-0.05, 0) is 62.9 Å². The number of nitriles is 2. The number of hydrogen-bond donors (Lipinski definition) is 1. The molecule has 0 unspecified atom stereocenters. The van der Waals surface area contributed by atoms with Gasteiger partial charge in [0.15, 0.2) is 11.5 Å². The fraction of sp³-hybridized carbons (Fsp3) is 0.333. The van der Waals surface area contributed by atoms with E-state index in [4.69, 9.17) is 9.72 Å². The molecule has 6 rings (SSSR count). The Bertz CT molecular complexity index is 1710. The minimum Gasteiger partial charge on any atom is -0.490 e. The number of nitrogens with zero attached hydrogens (tertiary/aromatic N) is 7. The number of fused-ring (bicyclic) bond motifs is 1. The Labute approximate surface area is 236 Å². The van der Waals surface area contributed by atoms with Gasteiger partial charge >= 0.3 is 0 Å². The number of ether oxygens (including phenoxy) is 1. The number of aromatic nitrogens is 4. The van der Waals surface area contributed by atoms with Crippen molar-refractivity contribution in [3.8, 4) is 29.0 Å². The Morgan fingerprint density at radius 1 is 1.15 bits per heavy atom. The molecule has 11 heteroatoms. The van der Waals surface area contributed by atoms with Crippen LogP contribution in [0.15, 0.2) is 55.1 Å². The highest BCUT2D eigenvalue weighted by Crippen LogP contribution is 2.45. The van der Waals surface area contributed by atoms with Crippen molar-refractivity contribution < 1.29 is 13.9 Å². The van der Waals surface area contributed by atoms with E-state index in [-0.39, 0.29) is 5.69 Å². The number of piperidine rings is 1. The summed E-state index contributed by atoms with van der Waals surface area (Å²) in [6.45, 7) is 3.58. The van der Waals surface area contributed by atoms with E-state index < -0.39 is 22.7 Å². The first kappa shape index (κ1) is 26.2. The van der Waals surface area contributed by atoms with Gasteiger partial charge in [0.05, 0.1) is 35.0 Å². The zero-order chi connectivity index (χ0) is 28.6. The van der Waals surface area contributed by atoms with Gasteiger partial charge in [-0.25, -0.2) is 18.9 Å². The largest absolute Gasteiger partial charge is 0.490 e. The van der Waals surface area contributed by atoms with Gasteiger partial charge in [0.2, 0.25) is 0 Å². The second kappa shape index (κ2) is 10.2. The van der Waals surface area contributed by atoms with Gasteiger partial charge in [-0.1, -0.05) is 0 Å². The molecule has 1 aliphatic heterocycles. The molecule has 1 aliphatic carbocycles. The second-order valence-electron chi connectivity index (χ2n) is 11.0. The molecule has 0 atom stereocenters. The first-order chi connectivity index (χ1) is 19.8. The summed E-state index contributed by atoms with van der Waals surface area (Å²) in [5.74, 6) is 0.195. The van der Waals surface area contributed by atoms with E-state index in [2.05, 4.69) is 32.4 Å². The molecule has 4 aromatic rings. The molecule has 4 aromatic heterocycles. The second-order valence-corrected chi connectivity index (χ2v) is 11.0. The van der Waals surface area contributed by atoms with E-state index in [1.165, 1.54) is 24.5 Å². The molecule has 0 spiro atoms. The van der Waals surface area contributed by atoms with Gasteiger partial charge in [-0.15, -0.1) is 0 Å². The maximum Gasteiger partial charge on any atom is 0.273 e. The Kier molecular flexibility index (Phi) is 6.50. The molecule has 0 bridgehead atoms. The van der Waals surface area contributed by atoms with Gasteiger partial charge in [-0.3, -0.25) is 4.79 Å². The molecule has 1 saturated carbocycles. The third kappa shape index (κ3) is 5.14. The number of hydrogen-bond acceptors (Lipinski definition) is 8. The van der Waals surface area contributed by atoms with Gasteiger partial charge in [0.25, 0.3) is 5.91 Å². The fourth-order valence-corrected chi connectivity index (χ4v) is 5.11. The lowest BCUT2D eigenvalue weighted by Crippen LogP contribution is -2.53. The van der Waals surface area contributed by atoms with Crippen molar-refractivity contribution >= 4 is 17.2 Å². The minimum atomic E-state index is -0.642. The van der Waals surface area contributed by atoms with E-state index >= 15 is 0 Å². The van der Waals surface area contributed by atoms with Crippen molar-refractivity contribution in [2.75, 3.05) is 24.6 Å². The third-order valence-corrected chi connectivity index (χ3v) is 7.95. The van der Waals surface area contributed by atoms with Crippen molar-refractivity contribution in [3.63, 3.8) is 0 Å². The molecule has 10 nitrogen and oxygen atoms in total. The molecular weight excluding hydrogens is 523 g/mol. The molecule has 1 saturated heterocycles. The van der Waals surface area contributed by atoms with Gasteiger partial charge in [-0.2, -0.15) is 15.6 Å². The molecule has 2 aliphatic rings. The minimum absolute atomic E-state index is 0.202. The molecule has 5 heterocycles. The van der Waals surface area contributed by atoms with Crippen LogP contribution < -0.4 is 15.0 Å². The normalized spacial score (nSPS) is 16.9. The molecule has 1 N–H and O–H groups in total. The number of nitrogens with one attached hydrogen (secondary N) is 1. The Balaban J connectivity index is 1.18. The zero-order valence-electron chi connectivity index (χ0n) is 22.5. The average molecular weight is 551 g/mol. The summed E-state index contributed by atoms with van der Waals surface area (Å²) in [6, 6.07) is 13.0. The smallest absolute Gasteiger partial charge is 0.273 e. The lowest BCUT2D eigenvalue weighted by Gasteiger charge is -2.40. The number of anilines is 1. The summed E-state index contributed by atoms with van der Waals surface area (Å²) in [5.41, 5.74) is 1.54. The van der Waals surface area contributed by atoms with Crippen molar-refractivity contribution in [1.29, 1.82) is 10.5 Å². The van der Waals surface area contributed by atoms with Crippen molar-refractivity contribution in [2.24, 2.45) is 5.41 Å². The van der Waals surface area contributed by atoms with Crippen LogP contribution in [0.3, 0.4) is 0 Å². The highest BCUT2D eigenvalue weighted by molar-refractivity contribution is 5.93. The van der Waals surface area contributed by atoms with Crippen LogP contribution in [0.25, 0.3) is 16.6 Å². The van der Waals surface area contributed by atoms with Gasteiger partial charge < -0.3 is 15.0 Å². The van der Waals surface area contributed by atoms with Crippen LogP contribution in [0.1, 0.15) is 48.7 Å². The summed E-state index contributed by atoms with van der Waals surface area (Å²) < 4.78 is 21.6. The monoisotopic (exact) mass is 550 g/mol. The van der Waals surface area contributed by atoms with Crippen LogP contribution in [0.2, 0.25) is 0 Å². The van der Waals surface area contributed by atoms with E-state index in [0.717, 1.165) is 29.8 Å². The molecule has 0 aromatic carbocycles. The Morgan fingerprint density at radius 3 is 2.61 bits per heavy atom. The van der Waals surface area contributed by atoms with Gasteiger partial charge in [0, 0.05) is 42.1 Å². The Hall–Kier alpha value is -5.03. The van der Waals surface area contributed by atoms with E-state index in [9.17, 15) is 19.7 Å². The predicted octanol–water partition coefficient (Wildman–Crippen LogP) is 4.27. The summed E-state index contributed by atoms with van der Waals surface area (Å²) in [5, 5.41) is 26.4. The summed E-state index contributed by atoms with van der Waals surface area (Å²) in [7, 11) is 0. The van der Waals surface area contributed by atoms with Crippen LogP contribution in [0.4, 0.5) is 10.2 Å². The van der Waals surface area contributed by atoms with Gasteiger partial charge in [0.1, 0.15) is 24.2 Å². The highest BCUT2D eigenvalue weighted by Gasteiger charge is 2.44. The first-order valence-corrected chi connectivity index (χ1v) is 13.4. The SMILES string of the molecule is CC1(NC(=O)c2ncccc2F)CCN(c2ccc(-c3cc(OCC4(C#N)CC4)cn4ncc(C#N)c34)cn2)CC1. The van der Waals surface area contributed by atoms with Crippen LogP contribution in [0, 0.1) is 33.9 Å². The number of carbonyl (C=O) groups is 1. The number of pyridine rings is 3. The van der Waals surface area contributed by atoms with Crippen LogP contribution in [-0.4, -0.2) is 50.7 Å². The number of carbonyl (C=O) groups excluding carboxylic acids is 1. The quantitative estimate of drug-likeness (QED) is 0.361. The van der Waals surface area contributed by atoms with Crippen molar-refractivity contribution in [3.05, 3.63) is 72.2 Å². The molecule has 1 amide bonds. The molecule has 41 heavy (non-hydrogen) atoms. The summed E-state index contributed by atoms with van der Waals surface area (Å²) >= 11 is 0. The standard InChI is InChI=1S/C30H27FN8O2/c1-29(37-28(40)26-24(31)3-2-10-34-26)8-11-38(12-9-29)25-5-4-20(15-35-25)23-13-22(41-19-30(18-33)6-7-30)17-39-27(23)21(14-32)16-36-39/h2-5,10,13,15-17H,6-9,11-12,19H2,1H3,(H,37,40). The van der Waals surface area contributed by atoms with E-state index in [0.29, 0.717) is 49.4 Å². The zero-order valence-corrected chi connectivity index (χ0v) is 22.5. The fourth-order valence-electron chi connectivity index (χ4n) is 5.11. The van der Waals surface area contributed by atoms with E-state index in [1.54, 1.807) is 16.9 Å².